The molecule has 1 unspecified atom stereocenters. The quantitative estimate of drug-likeness (QED) is 0.383. The van der Waals surface area contributed by atoms with Crippen LogP contribution >= 0.6 is 0 Å². The number of benzene rings is 3. The zero-order chi connectivity index (χ0) is 26.5. The Morgan fingerprint density at radius 1 is 1.00 bits per heavy atom. The van der Waals surface area contributed by atoms with Gasteiger partial charge in [-0.2, -0.15) is 0 Å². The van der Waals surface area contributed by atoms with Crippen LogP contribution in [0.25, 0.3) is 5.57 Å². The SMILES string of the molecule is C=C(C(=O)C1C[C@H]2[C@](C)(c3ccc(C)cc3)c3ccccc3[C@@H](C)[C@@]2(C(=O)O)C1)c1ccccc1OC. The number of carbonyl (C=O) groups excluding carboxylic acids is 1. The van der Waals surface area contributed by atoms with E-state index in [0.29, 0.717) is 23.3 Å². The van der Waals surface area contributed by atoms with Crippen LogP contribution in [0, 0.1) is 24.2 Å². The number of aliphatic carboxylic acids is 1. The van der Waals surface area contributed by atoms with Crippen molar-refractivity contribution in [2.24, 2.45) is 17.3 Å². The number of para-hydroxylation sites is 1. The normalized spacial score (nSPS) is 28.2. The van der Waals surface area contributed by atoms with Gasteiger partial charge in [-0.25, -0.2) is 0 Å². The lowest BCUT2D eigenvalue weighted by Gasteiger charge is -2.53. The lowest BCUT2D eigenvalue weighted by molar-refractivity contribution is -0.155. The van der Waals surface area contributed by atoms with Gasteiger partial charge in [0.25, 0.3) is 0 Å². The van der Waals surface area contributed by atoms with Gasteiger partial charge >= 0.3 is 5.97 Å². The molecule has 2 aliphatic carbocycles. The molecule has 0 spiro atoms. The summed E-state index contributed by atoms with van der Waals surface area (Å²) < 4.78 is 5.48. The van der Waals surface area contributed by atoms with Crippen molar-refractivity contribution in [3.05, 3.63) is 107 Å². The third-order valence-electron chi connectivity index (χ3n) is 9.33. The smallest absolute Gasteiger partial charge is 0.310 e. The van der Waals surface area contributed by atoms with E-state index in [1.807, 2.05) is 43.3 Å². The van der Waals surface area contributed by atoms with Crippen molar-refractivity contribution < 1.29 is 19.4 Å². The van der Waals surface area contributed by atoms with E-state index in [4.69, 9.17) is 4.74 Å². The number of methoxy groups -OCH3 is 1. The Morgan fingerprint density at radius 3 is 2.32 bits per heavy atom. The van der Waals surface area contributed by atoms with Gasteiger partial charge in [-0.3, -0.25) is 9.59 Å². The molecule has 37 heavy (non-hydrogen) atoms. The number of aryl methyl sites for hydroxylation is 1. The van der Waals surface area contributed by atoms with Crippen LogP contribution in [0.15, 0.2) is 79.4 Å². The maximum atomic E-state index is 13.9. The molecule has 0 aromatic heterocycles. The number of fused-ring (bicyclic) bond motifs is 2. The summed E-state index contributed by atoms with van der Waals surface area (Å²) in [4.78, 5) is 27.3. The molecule has 0 radical (unpaired) electrons. The number of carbonyl (C=O) groups is 2. The molecule has 4 heteroatoms. The van der Waals surface area contributed by atoms with E-state index >= 15 is 0 Å². The molecule has 0 saturated heterocycles. The lowest BCUT2D eigenvalue weighted by atomic mass is 9.49. The van der Waals surface area contributed by atoms with Crippen LogP contribution in [0.5, 0.6) is 5.75 Å². The van der Waals surface area contributed by atoms with Gasteiger partial charge in [0.2, 0.25) is 0 Å². The Kier molecular flexibility index (Phi) is 6.10. The summed E-state index contributed by atoms with van der Waals surface area (Å²) in [5, 5.41) is 10.9. The summed E-state index contributed by atoms with van der Waals surface area (Å²) in [5.41, 5.74) is 3.86. The number of Topliss-reactive ketones (excluding diaryl/α,β-unsaturated/α-hetero) is 1. The lowest BCUT2D eigenvalue weighted by Crippen LogP contribution is -2.52. The van der Waals surface area contributed by atoms with Crippen molar-refractivity contribution in [1.29, 1.82) is 0 Å². The average molecular weight is 495 g/mol. The van der Waals surface area contributed by atoms with E-state index < -0.39 is 22.7 Å². The summed E-state index contributed by atoms with van der Waals surface area (Å²) in [6, 6.07) is 24.0. The molecule has 4 nitrogen and oxygen atoms in total. The highest BCUT2D eigenvalue weighted by Gasteiger charge is 2.66. The maximum Gasteiger partial charge on any atom is 0.310 e. The average Bonchev–Trinajstić information content (AvgIpc) is 3.34. The van der Waals surface area contributed by atoms with Crippen molar-refractivity contribution >= 4 is 17.3 Å². The van der Waals surface area contributed by atoms with Crippen LogP contribution in [0.2, 0.25) is 0 Å². The van der Waals surface area contributed by atoms with E-state index in [-0.39, 0.29) is 24.0 Å². The minimum Gasteiger partial charge on any atom is -0.496 e. The third kappa shape index (κ3) is 3.57. The first kappa shape index (κ1) is 25.0. The van der Waals surface area contributed by atoms with Crippen LogP contribution in [0.4, 0.5) is 0 Å². The Bertz CT molecular complexity index is 1390. The van der Waals surface area contributed by atoms with Gasteiger partial charge in [-0.1, -0.05) is 92.7 Å². The zero-order valence-electron chi connectivity index (χ0n) is 22.0. The zero-order valence-corrected chi connectivity index (χ0v) is 22.0. The van der Waals surface area contributed by atoms with Gasteiger partial charge in [-0.15, -0.1) is 0 Å². The summed E-state index contributed by atoms with van der Waals surface area (Å²) in [6.07, 6.45) is 0.777. The molecule has 0 amide bonds. The molecule has 0 aliphatic heterocycles. The van der Waals surface area contributed by atoms with Crippen LogP contribution < -0.4 is 4.74 Å². The molecule has 1 fully saturated rings. The van der Waals surface area contributed by atoms with Gasteiger partial charge in [0.1, 0.15) is 5.75 Å². The summed E-state index contributed by atoms with van der Waals surface area (Å²) in [7, 11) is 1.58. The van der Waals surface area contributed by atoms with Gasteiger partial charge in [0.15, 0.2) is 5.78 Å². The maximum absolute atomic E-state index is 13.9. The van der Waals surface area contributed by atoms with Crippen LogP contribution in [0.1, 0.15) is 60.4 Å². The van der Waals surface area contributed by atoms with E-state index in [2.05, 4.69) is 56.8 Å². The van der Waals surface area contributed by atoms with Crippen molar-refractivity contribution in [3.63, 3.8) is 0 Å². The summed E-state index contributed by atoms with van der Waals surface area (Å²) in [5.74, 6) is -1.26. The number of carboxylic acids is 1. The van der Waals surface area contributed by atoms with Gasteiger partial charge in [0.05, 0.1) is 12.5 Å². The van der Waals surface area contributed by atoms with Crippen molar-refractivity contribution in [2.75, 3.05) is 7.11 Å². The first-order chi connectivity index (χ1) is 17.7. The number of hydrogen-bond acceptors (Lipinski definition) is 3. The van der Waals surface area contributed by atoms with E-state index in [1.165, 1.54) is 0 Å². The Hall–Kier alpha value is -3.66. The van der Waals surface area contributed by atoms with Crippen LogP contribution in [-0.4, -0.2) is 24.0 Å². The Morgan fingerprint density at radius 2 is 1.65 bits per heavy atom. The fraction of sp³-hybridized carbons (Fsp3) is 0.333. The largest absolute Gasteiger partial charge is 0.496 e. The number of carboxylic acid groups (broad SMARTS) is 1. The molecule has 3 aromatic carbocycles. The number of ether oxygens (including phenoxy) is 1. The molecule has 1 N–H and O–H groups in total. The van der Waals surface area contributed by atoms with Crippen LogP contribution in [0.3, 0.4) is 0 Å². The van der Waals surface area contributed by atoms with Crippen molar-refractivity contribution in [3.8, 4) is 5.75 Å². The number of hydrogen-bond donors (Lipinski definition) is 1. The van der Waals surface area contributed by atoms with Gasteiger partial charge in [-0.05, 0) is 54.4 Å². The monoisotopic (exact) mass is 494 g/mol. The van der Waals surface area contributed by atoms with E-state index in [1.54, 1.807) is 7.11 Å². The Balaban J connectivity index is 1.65. The topological polar surface area (TPSA) is 63.6 Å². The molecule has 190 valence electrons. The molecule has 2 aliphatic rings. The van der Waals surface area contributed by atoms with Crippen molar-refractivity contribution in [1.82, 2.24) is 0 Å². The first-order valence-corrected chi connectivity index (χ1v) is 12.9. The minimum absolute atomic E-state index is 0.0953. The van der Waals surface area contributed by atoms with E-state index in [9.17, 15) is 14.7 Å². The van der Waals surface area contributed by atoms with E-state index in [0.717, 1.165) is 22.3 Å². The molecule has 1 saturated carbocycles. The second kappa shape index (κ2) is 9.02. The van der Waals surface area contributed by atoms with Gasteiger partial charge in [0, 0.05) is 22.5 Å². The minimum atomic E-state index is -1.07. The Labute approximate surface area is 219 Å². The molecule has 5 rings (SSSR count). The predicted molar refractivity (Wildman–Crippen MR) is 146 cm³/mol. The second-order valence-corrected chi connectivity index (χ2v) is 11.0. The fourth-order valence-corrected chi connectivity index (χ4v) is 7.32. The van der Waals surface area contributed by atoms with Gasteiger partial charge < -0.3 is 9.84 Å². The first-order valence-electron chi connectivity index (χ1n) is 12.9. The molecule has 0 heterocycles. The third-order valence-corrected chi connectivity index (χ3v) is 9.33. The highest BCUT2D eigenvalue weighted by atomic mass is 16.5. The van der Waals surface area contributed by atoms with Crippen LogP contribution in [-0.2, 0) is 15.0 Å². The molecule has 3 aromatic rings. The molecule has 5 atom stereocenters. The second-order valence-electron chi connectivity index (χ2n) is 11.0. The van der Waals surface area contributed by atoms with Crippen molar-refractivity contribution in [2.45, 2.75) is 44.9 Å². The fourth-order valence-electron chi connectivity index (χ4n) is 7.32. The standard InChI is InChI=1S/C33H34O4/c1-20-14-16-24(17-15-20)32(4)27-12-8-6-11-26(27)22(3)33(31(35)36)19-23(18-29(32)33)30(34)21(2)25-10-7-9-13-28(25)37-5/h6-17,22-23,29H,2,18-19H2,1,3-5H3,(H,35,36)/t22-,23?,29+,32-,33+/m1/s1. The molecule has 0 bridgehead atoms. The number of allylic oxidation sites excluding steroid dienone is 1. The summed E-state index contributed by atoms with van der Waals surface area (Å²) in [6.45, 7) is 10.4. The summed E-state index contributed by atoms with van der Waals surface area (Å²) >= 11 is 0. The number of rotatable bonds is 6. The highest BCUT2D eigenvalue weighted by molar-refractivity contribution is 6.22. The molecular formula is C33H34O4. The predicted octanol–water partition coefficient (Wildman–Crippen LogP) is 6.81. The molecular weight excluding hydrogens is 460 g/mol. The number of ketones is 1. The highest BCUT2D eigenvalue weighted by Crippen LogP contribution is 2.67.